The van der Waals surface area contributed by atoms with E-state index in [9.17, 15) is 0 Å². The number of halogens is 2. The molecule has 0 fully saturated rings. The fourth-order valence-corrected chi connectivity index (χ4v) is 2.50. The molecule has 0 amide bonds. The van der Waals surface area contributed by atoms with Crippen molar-refractivity contribution in [1.29, 1.82) is 0 Å². The first kappa shape index (κ1) is 15.7. The van der Waals surface area contributed by atoms with Crippen molar-refractivity contribution in [3.8, 4) is 11.4 Å². The maximum atomic E-state index is 6.24. The first-order valence-electron chi connectivity index (χ1n) is 6.65. The SMILES string of the molecule is CC(C)Cc1nc(-c2cnn(C(C)C)c2)nc(Cl)c1I. The average molecular weight is 405 g/mol. The van der Waals surface area contributed by atoms with Crippen LogP contribution in [-0.2, 0) is 6.42 Å². The van der Waals surface area contributed by atoms with Gasteiger partial charge in [-0.2, -0.15) is 5.10 Å². The molecule has 0 spiro atoms. The Bertz CT molecular complexity index is 607. The minimum Gasteiger partial charge on any atom is -0.270 e. The van der Waals surface area contributed by atoms with E-state index in [0.717, 1.165) is 21.2 Å². The molecule has 0 atom stereocenters. The standard InChI is InChI=1S/C14H18ClIN4/c1-8(2)5-11-12(16)13(15)19-14(18-11)10-6-17-20(7-10)9(3)4/h6-9H,5H2,1-4H3. The van der Waals surface area contributed by atoms with Crippen LogP contribution in [0.3, 0.4) is 0 Å². The zero-order valence-corrected chi connectivity index (χ0v) is 15.0. The van der Waals surface area contributed by atoms with Gasteiger partial charge in [-0.25, -0.2) is 9.97 Å². The molecular formula is C14H18ClIN4. The van der Waals surface area contributed by atoms with Crippen LogP contribution in [0, 0.1) is 9.49 Å². The Morgan fingerprint density at radius 1 is 1.25 bits per heavy atom. The molecule has 0 saturated carbocycles. The highest BCUT2D eigenvalue weighted by Gasteiger charge is 2.14. The lowest BCUT2D eigenvalue weighted by Gasteiger charge is -2.09. The molecule has 0 radical (unpaired) electrons. The second kappa shape index (κ2) is 6.39. The monoisotopic (exact) mass is 404 g/mol. The lowest BCUT2D eigenvalue weighted by molar-refractivity contribution is 0.532. The van der Waals surface area contributed by atoms with Crippen LogP contribution < -0.4 is 0 Å². The van der Waals surface area contributed by atoms with Crippen molar-refractivity contribution in [2.24, 2.45) is 5.92 Å². The summed E-state index contributed by atoms with van der Waals surface area (Å²) in [4.78, 5) is 9.04. The highest BCUT2D eigenvalue weighted by Crippen LogP contribution is 2.25. The van der Waals surface area contributed by atoms with Gasteiger partial charge < -0.3 is 0 Å². The Labute approximate surface area is 138 Å². The fourth-order valence-electron chi connectivity index (χ4n) is 1.85. The zero-order chi connectivity index (χ0) is 14.9. The van der Waals surface area contributed by atoms with Crippen LogP contribution in [0.2, 0.25) is 5.15 Å². The second-order valence-electron chi connectivity index (χ2n) is 5.50. The second-order valence-corrected chi connectivity index (χ2v) is 6.94. The van der Waals surface area contributed by atoms with Crippen LogP contribution in [0.5, 0.6) is 0 Å². The molecule has 2 heterocycles. The molecule has 4 nitrogen and oxygen atoms in total. The summed E-state index contributed by atoms with van der Waals surface area (Å²) in [6.45, 7) is 8.51. The Morgan fingerprint density at radius 2 is 1.95 bits per heavy atom. The third-order valence-electron chi connectivity index (χ3n) is 2.87. The molecule has 0 aliphatic heterocycles. The van der Waals surface area contributed by atoms with Gasteiger partial charge >= 0.3 is 0 Å². The Kier molecular flexibility index (Phi) is 5.01. The third kappa shape index (κ3) is 3.49. The molecule has 0 aliphatic rings. The van der Waals surface area contributed by atoms with Crippen LogP contribution in [0.1, 0.15) is 39.4 Å². The Balaban J connectivity index is 2.43. The topological polar surface area (TPSA) is 43.6 Å². The molecular weight excluding hydrogens is 387 g/mol. The largest absolute Gasteiger partial charge is 0.270 e. The molecule has 0 N–H and O–H groups in total. The van der Waals surface area contributed by atoms with E-state index in [1.807, 2.05) is 10.9 Å². The van der Waals surface area contributed by atoms with Crippen molar-refractivity contribution in [1.82, 2.24) is 19.7 Å². The quantitative estimate of drug-likeness (QED) is 0.561. The molecule has 2 rings (SSSR count). The summed E-state index contributed by atoms with van der Waals surface area (Å²) in [7, 11) is 0. The maximum absolute atomic E-state index is 6.24. The highest BCUT2D eigenvalue weighted by molar-refractivity contribution is 14.1. The number of hydrogen-bond donors (Lipinski definition) is 0. The molecule has 0 unspecified atom stereocenters. The summed E-state index contributed by atoms with van der Waals surface area (Å²) in [6, 6.07) is 0.318. The molecule has 6 heteroatoms. The van der Waals surface area contributed by atoms with Crippen LogP contribution in [0.15, 0.2) is 12.4 Å². The van der Waals surface area contributed by atoms with Crippen LogP contribution in [0.4, 0.5) is 0 Å². The predicted molar refractivity (Wildman–Crippen MR) is 89.9 cm³/mol. The highest BCUT2D eigenvalue weighted by atomic mass is 127. The lowest BCUT2D eigenvalue weighted by Crippen LogP contribution is -2.04. The number of rotatable bonds is 4. The number of nitrogens with zero attached hydrogens (tertiary/aromatic N) is 4. The molecule has 2 aromatic heterocycles. The van der Waals surface area contributed by atoms with Crippen molar-refractivity contribution in [2.75, 3.05) is 0 Å². The Hall–Kier alpha value is -0.690. The number of hydrogen-bond acceptors (Lipinski definition) is 3. The van der Waals surface area contributed by atoms with E-state index in [-0.39, 0.29) is 0 Å². The van der Waals surface area contributed by atoms with E-state index >= 15 is 0 Å². The summed E-state index contributed by atoms with van der Waals surface area (Å²) in [5, 5.41) is 4.84. The van der Waals surface area contributed by atoms with Gasteiger partial charge in [0.2, 0.25) is 0 Å². The molecule has 0 saturated heterocycles. The lowest BCUT2D eigenvalue weighted by atomic mass is 10.1. The summed E-state index contributed by atoms with van der Waals surface area (Å²) < 4.78 is 2.84. The summed E-state index contributed by atoms with van der Waals surface area (Å²) in [6.07, 6.45) is 4.64. The van der Waals surface area contributed by atoms with Crippen LogP contribution in [-0.4, -0.2) is 19.7 Å². The van der Waals surface area contributed by atoms with E-state index in [2.05, 4.69) is 65.4 Å². The van der Waals surface area contributed by atoms with Gasteiger partial charge in [-0.3, -0.25) is 4.68 Å². The van der Waals surface area contributed by atoms with Gasteiger partial charge in [-0.05, 0) is 48.8 Å². The van der Waals surface area contributed by atoms with E-state index in [0.29, 0.717) is 22.9 Å². The smallest absolute Gasteiger partial charge is 0.164 e. The first-order chi connectivity index (χ1) is 9.38. The van der Waals surface area contributed by atoms with Crippen molar-refractivity contribution in [3.63, 3.8) is 0 Å². The predicted octanol–water partition coefficient (Wildman–Crippen LogP) is 4.38. The van der Waals surface area contributed by atoms with Gasteiger partial charge in [0.15, 0.2) is 5.82 Å². The first-order valence-corrected chi connectivity index (χ1v) is 8.10. The third-order valence-corrected chi connectivity index (χ3v) is 4.60. The zero-order valence-electron chi connectivity index (χ0n) is 12.1. The summed E-state index contributed by atoms with van der Waals surface area (Å²) in [5.41, 5.74) is 1.91. The minimum absolute atomic E-state index is 0.318. The van der Waals surface area contributed by atoms with E-state index in [4.69, 9.17) is 11.6 Å². The normalized spacial score (nSPS) is 11.6. The minimum atomic E-state index is 0.318. The maximum Gasteiger partial charge on any atom is 0.164 e. The van der Waals surface area contributed by atoms with E-state index in [1.54, 1.807) is 6.20 Å². The molecule has 0 bridgehead atoms. The van der Waals surface area contributed by atoms with Crippen LogP contribution >= 0.6 is 34.2 Å². The fraction of sp³-hybridized carbons (Fsp3) is 0.500. The average Bonchev–Trinajstić information content (AvgIpc) is 2.83. The van der Waals surface area contributed by atoms with Crippen molar-refractivity contribution >= 4 is 34.2 Å². The Morgan fingerprint density at radius 3 is 2.50 bits per heavy atom. The van der Waals surface area contributed by atoms with Gasteiger partial charge in [0, 0.05) is 12.2 Å². The van der Waals surface area contributed by atoms with Gasteiger partial charge in [-0.1, -0.05) is 25.4 Å². The molecule has 20 heavy (non-hydrogen) atoms. The van der Waals surface area contributed by atoms with Crippen molar-refractivity contribution in [3.05, 3.63) is 26.8 Å². The van der Waals surface area contributed by atoms with Gasteiger partial charge in [0.05, 0.1) is 21.0 Å². The van der Waals surface area contributed by atoms with Gasteiger partial charge in [0.1, 0.15) is 5.15 Å². The van der Waals surface area contributed by atoms with Crippen LogP contribution in [0.25, 0.3) is 11.4 Å². The molecule has 0 aromatic carbocycles. The van der Waals surface area contributed by atoms with Gasteiger partial charge in [-0.15, -0.1) is 0 Å². The van der Waals surface area contributed by atoms with E-state index < -0.39 is 0 Å². The summed E-state index contributed by atoms with van der Waals surface area (Å²) >= 11 is 8.45. The molecule has 0 aliphatic carbocycles. The van der Waals surface area contributed by atoms with Gasteiger partial charge in [0.25, 0.3) is 0 Å². The van der Waals surface area contributed by atoms with Crippen molar-refractivity contribution in [2.45, 2.75) is 40.2 Å². The summed E-state index contributed by atoms with van der Waals surface area (Å²) in [5.74, 6) is 1.18. The molecule has 2 aromatic rings. The van der Waals surface area contributed by atoms with E-state index in [1.165, 1.54) is 0 Å². The van der Waals surface area contributed by atoms with Crippen molar-refractivity contribution < 1.29 is 0 Å². The number of aromatic nitrogens is 4. The molecule has 108 valence electrons.